The van der Waals surface area contributed by atoms with Crippen LogP contribution in [0.1, 0.15) is 47.0 Å². The van der Waals surface area contributed by atoms with Crippen molar-refractivity contribution in [2.45, 2.75) is 58.2 Å². The number of hydrogen-bond donors (Lipinski definition) is 2. The fraction of sp³-hybridized carbons (Fsp3) is 1.00. The summed E-state index contributed by atoms with van der Waals surface area (Å²) in [6.45, 7) is 10.2. The molecule has 0 radical (unpaired) electrons. The maximum Gasteiger partial charge on any atom is 0.0464 e. The van der Waals surface area contributed by atoms with Gasteiger partial charge in [-0.25, -0.2) is 0 Å². The van der Waals surface area contributed by atoms with Crippen molar-refractivity contribution in [3.63, 3.8) is 0 Å². The normalized spacial score (nSPS) is 17.1. The minimum Gasteiger partial charge on any atom is -0.396 e. The number of rotatable bonds is 10. The molecule has 0 aromatic heterocycles. The lowest BCUT2D eigenvalue weighted by Gasteiger charge is -2.27. The first-order chi connectivity index (χ1) is 7.69. The van der Waals surface area contributed by atoms with Gasteiger partial charge in [-0.1, -0.05) is 34.1 Å². The Balaban J connectivity index is 4.08. The fourth-order valence-electron chi connectivity index (χ4n) is 1.85. The van der Waals surface area contributed by atoms with E-state index in [0.29, 0.717) is 23.8 Å². The van der Waals surface area contributed by atoms with Crippen molar-refractivity contribution in [1.29, 1.82) is 0 Å². The summed E-state index contributed by atoms with van der Waals surface area (Å²) in [5.41, 5.74) is 0. The molecule has 3 unspecified atom stereocenters. The van der Waals surface area contributed by atoms with Crippen molar-refractivity contribution in [2.75, 3.05) is 18.9 Å². The van der Waals surface area contributed by atoms with Gasteiger partial charge in [-0.15, -0.1) is 0 Å². The third-order valence-corrected chi connectivity index (χ3v) is 4.68. The molecule has 2 N–H and O–H groups in total. The van der Waals surface area contributed by atoms with E-state index < -0.39 is 0 Å². The molecular weight excluding hydrogens is 218 g/mol. The van der Waals surface area contributed by atoms with Crippen LogP contribution in [-0.2, 0) is 0 Å². The molecule has 16 heavy (non-hydrogen) atoms. The zero-order valence-electron chi connectivity index (χ0n) is 11.3. The second-order valence-corrected chi connectivity index (χ2v) is 5.79. The number of aliphatic hydroxyl groups excluding tert-OH is 1. The molecule has 3 atom stereocenters. The van der Waals surface area contributed by atoms with Gasteiger partial charge >= 0.3 is 0 Å². The smallest absolute Gasteiger partial charge is 0.0464 e. The second kappa shape index (κ2) is 10.4. The molecule has 0 rings (SSSR count). The summed E-state index contributed by atoms with van der Waals surface area (Å²) in [5, 5.41) is 13.3. The van der Waals surface area contributed by atoms with Gasteiger partial charge in [0.05, 0.1) is 0 Å². The van der Waals surface area contributed by atoms with Gasteiger partial charge in [0, 0.05) is 17.9 Å². The quantitative estimate of drug-likeness (QED) is 0.622. The molecule has 0 aromatic rings. The van der Waals surface area contributed by atoms with Crippen LogP contribution in [0.3, 0.4) is 0 Å². The van der Waals surface area contributed by atoms with Gasteiger partial charge in [0.1, 0.15) is 0 Å². The first kappa shape index (κ1) is 16.3. The van der Waals surface area contributed by atoms with Crippen LogP contribution in [0.5, 0.6) is 0 Å². The molecule has 0 saturated heterocycles. The van der Waals surface area contributed by atoms with Crippen LogP contribution in [-0.4, -0.2) is 35.3 Å². The lowest BCUT2D eigenvalue weighted by molar-refractivity contribution is 0.250. The average Bonchev–Trinajstić information content (AvgIpc) is 2.30. The van der Waals surface area contributed by atoms with Gasteiger partial charge in [-0.3, -0.25) is 0 Å². The Kier molecular flexibility index (Phi) is 10.6. The highest BCUT2D eigenvalue weighted by molar-refractivity contribution is 7.99. The Labute approximate surface area is 106 Å². The van der Waals surface area contributed by atoms with Crippen molar-refractivity contribution in [1.82, 2.24) is 5.32 Å². The lowest BCUT2D eigenvalue weighted by Crippen LogP contribution is -2.38. The highest BCUT2D eigenvalue weighted by Gasteiger charge is 2.19. The van der Waals surface area contributed by atoms with Crippen molar-refractivity contribution in [2.24, 2.45) is 5.92 Å². The van der Waals surface area contributed by atoms with E-state index in [9.17, 15) is 0 Å². The largest absolute Gasteiger partial charge is 0.396 e. The third kappa shape index (κ3) is 6.77. The molecule has 2 nitrogen and oxygen atoms in total. The van der Waals surface area contributed by atoms with Crippen molar-refractivity contribution in [3.05, 3.63) is 0 Å². The molecule has 0 aliphatic rings. The monoisotopic (exact) mass is 247 g/mol. The summed E-state index contributed by atoms with van der Waals surface area (Å²) in [4.78, 5) is 0. The van der Waals surface area contributed by atoms with Crippen LogP contribution in [0.2, 0.25) is 0 Å². The van der Waals surface area contributed by atoms with Gasteiger partial charge in [0.25, 0.3) is 0 Å². The van der Waals surface area contributed by atoms with Gasteiger partial charge in [-0.05, 0) is 31.1 Å². The molecular formula is C13H29NOS. The van der Waals surface area contributed by atoms with E-state index in [-0.39, 0.29) is 0 Å². The maximum absolute atomic E-state index is 9.04. The van der Waals surface area contributed by atoms with Crippen LogP contribution in [0, 0.1) is 5.92 Å². The van der Waals surface area contributed by atoms with Crippen LogP contribution >= 0.6 is 11.8 Å². The highest BCUT2D eigenvalue weighted by Crippen LogP contribution is 2.23. The molecule has 98 valence electrons. The van der Waals surface area contributed by atoms with E-state index in [0.717, 1.165) is 12.3 Å². The van der Waals surface area contributed by atoms with Crippen LogP contribution in [0.4, 0.5) is 0 Å². The second-order valence-electron chi connectivity index (χ2n) is 4.52. The number of aliphatic hydroxyl groups is 1. The topological polar surface area (TPSA) is 32.3 Å². The predicted molar refractivity (Wildman–Crippen MR) is 75.2 cm³/mol. The Morgan fingerprint density at radius 1 is 1.25 bits per heavy atom. The molecule has 0 saturated carbocycles. The summed E-state index contributed by atoms with van der Waals surface area (Å²) >= 11 is 2.02. The van der Waals surface area contributed by atoms with E-state index in [1.165, 1.54) is 19.3 Å². The van der Waals surface area contributed by atoms with E-state index in [1.807, 2.05) is 11.8 Å². The summed E-state index contributed by atoms with van der Waals surface area (Å²) in [6.07, 6.45) is 3.71. The van der Waals surface area contributed by atoms with Crippen molar-refractivity contribution in [3.8, 4) is 0 Å². The minimum absolute atomic E-state index is 0.309. The molecule has 0 fully saturated rings. The SMILES string of the molecule is CCCC(NCC)C(CC)SCC(C)CO. The first-order valence-corrected chi connectivity index (χ1v) is 7.70. The first-order valence-electron chi connectivity index (χ1n) is 6.65. The number of nitrogens with one attached hydrogen (secondary N) is 1. The molecule has 0 heterocycles. The van der Waals surface area contributed by atoms with Gasteiger partial charge in [0.2, 0.25) is 0 Å². The molecule has 0 aliphatic heterocycles. The van der Waals surface area contributed by atoms with E-state index in [4.69, 9.17) is 5.11 Å². The summed E-state index contributed by atoms with van der Waals surface area (Å²) in [5.74, 6) is 1.49. The average molecular weight is 247 g/mol. The van der Waals surface area contributed by atoms with Crippen LogP contribution < -0.4 is 5.32 Å². The lowest BCUT2D eigenvalue weighted by atomic mass is 10.1. The van der Waals surface area contributed by atoms with E-state index in [1.54, 1.807) is 0 Å². The number of thioether (sulfide) groups is 1. The summed E-state index contributed by atoms with van der Waals surface area (Å²) < 4.78 is 0. The van der Waals surface area contributed by atoms with Crippen molar-refractivity contribution < 1.29 is 5.11 Å². The third-order valence-electron chi connectivity index (χ3n) is 2.82. The van der Waals surface area contributed by atoms with Crippen LogP contribution in [0.15, 0.2) is 0 Å². The molecule has 0 aliphatic carbocycles. The van der Waals surface area contributed by atoms with Gasteiger partial charge in [0.15, 0.2) is 0 Å². The van der Waals surface area contributed by atoms with Crippen molar-refractivity contribution >= 4 is 11.8 Å². The number of hydrogen-bond acceptors (Lipinski definition) is 3. The molecule has 0 spiro atoms. The molecule has 3 heteroatoms. The maximum atomic E-state index is 9.04. The van der Waals surface area contributed by atoms with Gasteiger partial charge in [-0.2, -0.15) is 11.8 Å². The Morgan fingerprint density at radius 3 is 2.38 bits per heavy atom. The Hall–Kier alpha value is 0.270. The fourth-order valence-corrected chi connectivity index (χ4v) is 3.23. The van der Waals surface area contributed by atoms with Gasteiger partial charge < -0.3 is 10.4 Å². The Morgan fingerprint density at radius 2 is 1.94 bits per heavy atom. The summed E-state index contributed by atoms with van der Waals surface area (Å²) in [6, 6.07) is 0.635. The summed E-state index contributed by atoms with van der Waals surface area (Å²) in [7, 11) is 0. The van der Waals surface area contributed by atoms with E-state index in [2.05, 4.69) is 33.0 Å². The molecule has 0 bridgehead atoms. The molecule has 0 amide bonds. The zero-order chi connectivity index (χ0) is 12.4. The van der Waals surface area contributed by atoms with E-state index >= 15 is 0 Å². The standard InChI is InChI=1S/C13H29NOS/c1-5-8-12(14-7-3)13(6-2)16-10-11(4)9-15/h11-15H,5-10H2,1-4H3. The van der Waals surface area contributed by atoms with Crippen LogP contribution in [0.25, 0.3) is 0 Å². The molecule has 0 aromatic carbocycles. The highest BCUT2D eigenvalue weighted by atomic mass is 32.2. The predicted octanol–water partition coefficient (Wildman–Crippen LogP) is 2.90. The zero-order valence-corrected chi connectivity index (χ0v) is 12.1. The minimum atomic E-state index is 0.309. The Bertz CT molecular complexity index is 149.